The van der Waals surface area contributed by atoms with E-state index >= 15 is 0 Å². The summed E-state index contributed by atoms with van der Waals surface area (Å²) in [5.74, 6) is -0.364. The van der Waals surface area contributed by atoms with Gasteiger partial charge >= 0.3 is 0 Å². The number of nitrogens with one attached hydrogen (secondary N) is 1. The lowest BCUT2D eigenvalue weighted by molar-refractivity contribution is -0.116. The number of amides is 1. The molecule has 13 heavy (non-hydrogen) atoms. The van der Waals surface area contributed by atoms with Gasteiger partial charge in [-0.05, 0) is 24.6 Å². The molecule has 3 N–H and O–H groups in total. The number of benzene rings is 1. The van der Waals surface area contributed by atoms with Crippen molar-refractivity contribution in [1.82, 2.24) is 0 Å². The number of carbonyl (C=O) groups excluding carboxylic acids is 1. The number of rotatable bonds is 3. The van der Waals surface area contributed by atoms with Gasteiger partial charge in [-0.2, -0.15) is 0 Å². The lowest BCUT2D eigenvalue weighted by Crippen LogP contribution is -2.21. The van der Waals surface area contributed by atoms with Gasteiger partial charge in [0, 0.05) is 10.2 Å². The summed E-state index contributed by atoms with van der Waals surface area (Å²) >= 11 is 3.40. The number of halogens is 1. The van der Waals surface area contributed by atoms with Crippen molar-refractivity contribution in [3.8, 4) is 0 Å². The van der Waals surface area contributed by atoms with E-state index in [9.17, 15) is 4.79 Å². The van der Waals surface area contributed by atoms with Crippen LogP contribution in [0.1, 0.15) is 5.56 Å². The minimum Gasteiger partial charge on any atom is -0.376 e. The fourth-order valence-corrected chi connectivity index (χ4v) is 1.27. The topological polar surface area (TPSA) is 55.1 Å². The van der Waals surface area contributed by atoms with E-state index in [1.807, 2.05) is 25.1 Å². The molecule has 0 aliphatic carbocycles. The first-order valence-electron chi connectivity index (χ1n) is 3.88. The van der Waals surface area contributed by atoms with Crippen molar-refractivity contribution in [3.63, 3.8) is 0 Å². The van der Waals surface area contributed by atoms with Crippen LogP contribution in [0.5, 0.6) is 0 Å². The quantitative estimate of drug-likeness (QED) is 0.848. The summed E-state index contributed by atoms with van der Waals surface area (Å²) in [4.78, 5) is 10.5. The zero-order valence-electron chi connectivity index (χ0n) is 7.30. The number of hydrogen-bond acceptors (Lipinski definition) is 2. The lowest BCUT2D eigenvalue weighted by atomic mass is 10.2. The fraction of sp³-hybridized carbons (Fsp3) is 0.222. The van der Waals surface area contributed by atoms with Crippen molar-refractivity contribution >= 4 is 27.5 Å². The Bertz CT molecular complexity index is 325. The van der Waals surface area contributed by atoms with Crippen molar-refractivity contribution < 1.29 is 4.79 Å². The Balaban J connectivity index is 2.68. The van der Waals surface area contributed by atoms with E-state index in [2.05, 4.69) is 21.2 Å². The van der Waals surface area contributed by atoms with Crippen LogP contribution in [-0.2, 0) is 4.79 Å². The van der Waals surface area contributed by atoms with Gasteiger partial charge in [0.15, 0.2) is 0 Å². The van der Waals surface area contributed by atoms with Gasteiger partial charge < -0.3 is 11.1 Å². The van der Waals surface area contributed by atoms with Crippen LogP contribution in [0.15, 0.2) is 22.7 Å². The molecule has 70 valence electrons. The Morgan fingerprint density at radius 3 is 2.85 bits per heavy atom. The summed E-state index contributed by atoms with van der Waals surface area (Å²) in [6, 6.07) is 5.79. The third kappa shape index (κ3) is 3.06. The molecule has 1 amide bonds. The van der Waals surface area contributed by atoms with Crippen LogP contribution in [0.3, 0.4) is 0 Å². The summed E-state index contributed by atoms with van der Waals surface area (Å²) in [6.07, 6.45) is 0. The van der Waals surface area contributed by atoms with E-state index in [1.165, 1.54) is 0 Å². The predicted octanol–water partition coefficient (Wildman–Crippen LogP) is 1.65. The second-order valence-corrected chi connectivity index (χ2v) is 3.64. The molecule has 0 fully saturated rings. The Hall–Kier alpha value is -1.03. The zero-order chi connectivity index (χ0) is 9.84. The molecule has 1 aromatic rings. The number of anilines is 1. The second-order valence-electron chi connectivity index (χ2n) is 2.78. The molecule has 1 rings (SSSR count). The second kappa shape index (κ2) is 4.28. The predicted molar refractivity (Wildman–Crippen MR) is 56.6 cm³/mol. The number of primary amides is 1. The van der Waals surface area contributed by atoms with Crippen LogP contribution in [-0.4, -0.2) is 12.5 Å². The molecule has 0 spiro atoms. The normalized spacial score (nSPS) is 9.69. The van der Waals surface area contributed by atoms with E-state index in [0.29, 0.717) is 0 Å². The monoisotopic (exact) mass is 242 g/mol. The first-order valence-corrected chi connectivity index (χ1v) is 4.67. The molecule has 0 aromatic heterocycles. The average molecular weight is 243 g/mol. The highest BCUT2D eigenvalue weighted by molar-refractivity contribution is 9.10. The SMILES string of the molecule is Cc1ccc(NCC(N)=O)cc1Br. The summed E-state index contributed by atoms with van der Waals surface area (Å²) in [5, 5.41) is 2.91. The van der Waals surface area contributed by atoms with Gasteiger partial charge in [0.2, 0.25) is 5.91 Å². The van der Waals surface area contributed by atoms with Gasteiger partial charge in [0.25, 0.3) is 0 Å². The number of hydrogen-bond donors (Lipinski definition) is 2. The molecule has 3 nitrogen and oxygen atoms in total. The van der Waals surface area contributed by atoms with Crippen LogP contribution in [0.4, 0.5) is 5.69 Å². The van der Waals surface area contributed by atoms with E-state index in [4.69, 9.17) is 5.73 Å². The maximum atomic E-state index is 10.5. The van der Waals surface area contributed by atoms with Crippen molar-refractivity contribution in [2.24, 2.45) is 5.73 Å². The Morgan fingerprint density at radius 1 is 1.62 bits per heavy atom. The molecule has 0 aliphatic heterocycles. The summed E-state index contributed by atoms with van der Waals surface area (Å²) in [5.41, 5.74) is 7.04. The van der Waals surface area contributed by atoms with Gasteiger partial charge in [-0.25, -0.2) is 0 Å². The summed E-state index contributed by atoms with van der Waals surface area (Å²) in [6.45, 7) is 2.16. The molecule has 1 aromatic carbocycles. The number of nitrogens with two attached hydrogens (primary N) is 1. The number of aryl methyl sites for hydroxylation is 1. The van der Waals surface area contributed by atoms with E-state index in [1.54, 1.807) is 0 Å². The van der Waals surface area contributed by atoms with Crippen LogP contribution >= 0.6 is 15.9 Å². The third-order valence-corrected chi connectivity index (χ3v) is 2.49. The third-order valence-electron chi connectivity index (χ3n) is 1.64. The fourth-order valence-electron chi connectivity index (χ4n) is 0.892. The molecule has 0 atom stereocenters. The van der Waals surface area contributed by atoms with Gasteiger partial charge in [-0.1, -0.05) is 22.0 Å². The first kappa shape index (κ1) is 10.1. The summed E-state index contributed by atoms with van der Waals surface area (Å²) in [7, 11) is 0. The highest BCUT2D eigenvalue weighted by atomic mass is 79.9. The molecule has 0 bridgehead atoms. The highest BCUT2D eigenvalue weighted by Gasteiger charge is 1.98. The van der Waals surface area contributed by atoms with Crippen LogP contribution < -0.4 is 11.1 Å². The van der Waals surface area contributed by atoms with Crippen molar-refractivity contribution in [2.45, 2.75) is 6.92 Å². The minimum absolute atomic E-state index is 0.162. The molecular formula is C9H11BrN2O. The van der Waals surface area contributed by atoms with Crippen LogP contribution in [0.2, 0.25) is 0 Å². The van der Waals surface area contributed by atoms with Crippen LogP contribution in [0.25, 0.3) is 0 Å². The molecular weight excluding hydrogens is 232 g/mol. The Labute approximate surface area is 85.4 Å². The maximum absolute atomic E-state index is 10.5. The molecule has 4 heteroatoms. The summed E-state index contributed by atoms with van der Waals surface area (Å²) < 4.78 is 1.02. The van der Waals surface area contributed by atoms with Crippen molar-refractivity contribution in [3.05, 3.63) is 28.2 Å². The van der Waals surface area contributed by atoms with Crippen LogP contribution in [0, 0.1) is 6.92 Å². The smallest absolute Gasteiger partial charge is 0.236 e. The Kier molecular flexibility index (Phi) is 3.31. The van der Waals surface area contributed by atoms with Crippen molar-refractivity contribution in [2.75, 3.05) is 11.9 Å². The molecule has 0 aliphatic rings. The molecule has 0 saturated heterocycles. The first-order chi connectivity index (χ1) is 6.09. The molecule has 0 radical (unpaired) electrons. The zero-order valence-corrected chi connectivity index (χ0v) is 8.89. The van der Waals surface area contributed by atoms with Gasteiger partial charge in [0.05, 0.1) is 6.54 Å². The van der Waals surface area contributed by atoms with E-state index < -0.39 is 0 Å². The molecule has 0 unspecified atom stereocenters. The van der Waals surface area contributed by atoms with Gasteiger partial charge in [-0.3, -0.25) is 4.79 Å². The standard InChI is InChI=1S/C9H11BrN2O/c1-6-2-3-7(4-8(6)10)12-5-9(11)13/h2-4,12H,5H2,1H3,(H2,11,13). The van der Waals surface area contributed by atoms with E-state index in [-0.39, 0.29) is 12.5 Å². The van der Waals surface area contributed by atoms with Crippen molar-refractivity contribution in [1.29, 1.82) is 0 Å². The minimum atomic E-state index is -0.364. The largest absolute Gasteiger partial charge is 0.376 e. The molecule has 0 heterocycles. The number of carbonyl (C=O) groups is 1. The highest BCUT2D eigenvalue weighted by Crippen LogP contribution is 2.20. The van der Waals surface area contributed by atoms with E-state index in [0.717, 1.165) is 15.7 Å². The van der Waals surface area contributed by atoms with Gasteiger partial charge in [0.1, 0.15) is 0 Å². The van der Waals surface area contributed by atoms with Gasteiger partial charge in [-0.15, -0.1) is 0 Å². The maximum Gasteiger partial charge on any atom is 0.236 e. The average Bonchev–Trinajstić information content (AvgIpc) is 2.07. The Morgan fingerprint density at radius 2 is 2.31 bits per heavy atom. The molecule has 0 saturated carbocycles. The lowest BCUT2D eigenvalue weighted by Gasteiger charge is -2.05.